The number of carbonyl (C=O) groups is 2. The lowest BCUT2D eigenvalue weighted by atomic mass is 10.0. The molecule has 1 aliphatic heterocycles. The lowest BCUT2D eigenvalue weighted by Gasteiger charge is -2.23. The number of hydrogen-bond donors (Lipinski definition) is 1. The molecule has 2 rings (SSSR count). The third kappa shape index (κ3) is 3.15. The van der Waals surface area contributed by atoms with Gasteiger partial charge >= 0.3 is 0 Å². The average Bonchev–Trinajstić information content (AvgIpc) is 2.70. The quantitative estimate of drug-likeness (QED) is 0.900. The van der Waals surface area contributed by atoms with Crippen LogP contribution in [0.15, 0.2) is 24.3 Å². The molecule has 5 heteroatoms. The van der Waals surface area contributed by atoms with Crippen molar-refractivity contribution in [1.82, 2.24) is 5.32 Å². The van der Waals surface area contributed by atoms with Gasteiger partial charge in [-0.15, -0.1) is 0 Å². The van der Waals surface area contributed by atoms with E-state index < -0.39 is 11.7 Å². The molecule has 1 N–H and O–H groups in total. The van der Waals surface area contributed by atoms with Crippen LogP contribution in [-0.4, -0.2) is 23.9 Å². The van der Waals surface area contributed by atoms with Crippen LogP contribution in [0.3, 0.4) is 0 Å². The van der Waals surface area contributed by atoms with Crippen molar-refractivity contribution in [2.75, 3.05) is 11.4 Å². The lowest BCUT2D eigenvalue weighted by molar-refractivity contribution is -0.127. The van der Waals surface area contributed by atoms with Crippen LogP contribution >= 0.6 is 0 Å². The van der Waals surface area contributed by atoms with E-state index in [0.29, 0.717) is 0 Å². The van der Waals surface area contributed by atoms with Crippen molar-refractivity contribution in [1.29, 1.82) is 0 Å². The van der Waals surface area contributed by atoms with Gasteiger partial charge in [0.25, 0.3) is 0 Å². The highest BCUT2D eigenvalue weighted by Crippen LogP contribution is 2.27. The molecule has 1 fully saturated rings. The van der Waals surface area contributed by atoms with Crippen molar-refractivity contribution in [3.63, 3.8) is 0 Å². The SMILES string of the molecule is CC(C)(C)NC(=O)[C@@H]1CC(=O)N(c2ccccc2F)C1. The molecule has 1 atom stereocenters. The van der Waals surface area contributed by atoms with Crippen LogP contribution < -0.4 is 10.2 Å². The standard InChI is InChI=1S/C15H19FN2O2/c1-15(2,3)17-14(20)10-8-13(19)18(9-10)12-7-5-4-6-11(12)16/h4-7,10H,8-9H2,1-3H3,(H,17,20)/t10-/m1/s1. The topological polar surface area (TPSA) is 49.4 Å². The van der Waals surface area contributed by atoms with Gasteiger partial charge in [-0.3, -0.25) is 9.59 Å². The Morgan fingerprint density at radius 3 is 2.60 bits per heavy atom. The van der Waals surface area contributed by atoms with E-state index in [2.05, 4.69) is 5.32 Å². The highest BCUT2D eigenvalue weighted by atomic mass is 19.1. The van der Waals surface area contributed by atoms with Crippen molar-refractivity contribution in [3.05, 3.63) is 30.1 Å². The van der Waals surface area contributed by atoms with E-state index in [1.807, 2.05) is 20.8 Å². The summed E-state index contributed by atoms with van der Waals surface area (Å²) in [5.74, 6) is -1.26. The summed E-state index contributed by atoms with van der Waals surface area (Å²) in [6.07, 6.45) is 0.121. The smallest absolute Gasteiger partial charge is 0.227 e. The van der Waals surface area contributed by atoms with Crippen LogP contribution in [0.4, 0.5) is 10.1 Å². The Morgan fingerprint density at radius 1 is 1.35 bits per heavy atom. The molecule has 1 saturated heterocycles. The first-order valence-corrected chi connectivity index (χ1v) is 6.65. The Kier molecular flexibility index (Phi) is 3.79. The first-order chi connectivity index (χ1) is 9.28. The molecule has 2 amide bonds. The predicted octanol–water partition coefficient (Wildman–Crippen LogP) is 2.09. The van der Waals surface area contributed by atoms with Crippen molar-refractivity contribution in [2.45, 2.75) is 32.7 Å². The Balaban J connectivity index is 2.12. The molecule has 0 aliphatic carbocycles. The fourth-order valence-corrected chi connectivity index (χ4v) is 2.26. The number of nitrogens with zero attached hydrogens (tertiary/aromatic N) is 1. The fourth-order valence-electron chi connectivity index (χ4n) is 2.26. The number of anilines is 1. The largest absolute Gasteiger partial charge is 0.351 e. The Bertz CT molecular complexity index is 537. The van der Waals surface area contributed by atoms with E-state index in [4.69, 9.17) is 0 Å². The minimum atomic E-state index is -0.447. The Morgan fingerprint density at radius 2 is 2.00 bits per heavy atom. The molecule has 1 aromatic carbocycles. The lowest BCUT2D eigenvalue weighted by Crippen LogP contribution is -2.44. The van der Waals surface area contributed by atoms with E-state index in [1.54, 1.807) is 18.2 Å². The van der Waals surface area contributed by atoms with E-state index in [-0.39, 0.29) is 36.0 Å². The molecule has 1 heterocycles. The molecule has 1 aromatic rings. The maximum Gasteiger partial charge on any atom is 0.227 e. The zero-order valence-corrected chi connectivity index (χ0v) is 11.9. The number of para-hydroxylation sites is 1. The first kappa shape index (κ1) is 14.5. The van der Waals surface area contributed by atoms with Gasteiger partial charge in [0.1, 0.15) is 5.82 Å². The molecule has 4 nitrogen and oxygen atoms in total. The molecule has 108 valence electrons. The Labute approximate surface area is 118 Å². The predicted molar refractivity (Wildman–Crippen MR) is 74.8 cm³/mol. The van der Waals surface area contributed by atoms with Crippen molar-refractivity contribution in [2.24, 2.45) is 5.92 Å². The van der Waals surface area contributed by atoms with Gasteiger partial charge in [0.2, 0.25) is 11.8 Å². The summed E-state index contributed by atoms with van der Waals surface area (Å²) in [6, 6.07) is 6.11. The number of amides is 2. The summed E-state index contributed by atoms with van der Waals surface area (Å²) >= 11 is 0. The van der Waals surface area contributed by atoms with Crippen LogP contribution in [0.2, 0.25) is 0 Å². The number of rotatable bonds is 2. The molecule has 20 heavy (non-hydrogen) atoms. The molecule has 0 bridgehead atoms. The van der Waals surface area contributed by atoms with Crippen LogP contribution in [0.25, 0.3) is 0 Å². The molecule has 0 aromatic heterocycles. The van der Waals surface area contributed by atoms with Crippen molar-refractivity contribution < 1.29 is 14.0 Å². The monoisotopic (exact) mass is 278 g/mol. The van der Waals surface area contributed by atoms with Gasteiger partial charge in [-0.05, 0) is 32.9 Å². The normalized spacial score (nSPS) is 19.3. The maximum absolute atomic E-state index is 13.7. The molecule has 1 aliphatic rings. The summed E-state index contributed by atoms with van der Waals surface area (Å²) in [6.45, 7) is 5.88. The number of nitrogens with one attached hydrogen (secondary N) is 1. The third-order valence-electron chi connectivity index (χ3n) is 3.14. The maximum atomic E-state index is 13.7. The van der Waals surface area contributed by atoms with Gasteiger partial charge in [0.15, 0.2) is 0 Å². The van der Waals surface area contributed by atoms with Gasteiger partial charge < -0.3 is 10.2 Å². The van der Waals surface area contributed by atoms with Crippen molar-refractivity contribution in [3.8, 4) is 0 Å². The summed E-state index contributed by atoms with van der Waals surface area (Å²) in [5.41, 5.74) is -0.102. The third-order valence-corrected chi connectivity index (χ3v) is 3.14. The van der Waals surface area contributed by atoms with Gasteiger partial charge in [0.05, 0.1) is 11.6 Å². The number of hydrogen-bond acceptors (Lipinski definition) is 2. The van der Waals surface area contributed by atoms with Crippen LogP contribution in [-0.2, 0) is 9.59 Å². The molecule has 0 saturated carbocycles. The fraction of sp³-hybridized carbons (Fsp3) is 0.467. The zero-order chi connectivity index (χ0) is 14.9. The van der Waals surface area contributed by atoms with E-state index in [0.717, 1.165) is 0 Å². The molecular weight excluding hydrogens is 259 g/mol. The summed E-state index contributed by atoms with van der Waals surface area (Å²) in [4.78, 5) is 25.4. The van der Waals surface area contributed by atoms with Gasteiger partial charge in [-0.25, -0.2) is 4.39 Å². The van der Waals surface area contributed by atoms with Crippen LogP contribution in [0, 0.1) is 11.7 Å². The van der Waals surface area contributed by atoms with Gasteiger partial charge in [-0.2, -0.15) is 0 Å². The molecule has 0 spiro atoms. The van der Waals surface area contributed by atoms with Crippen LogP contribution in [0.1, 0.15) is 27.2 Å². The molecular formula is C15H19FN2O2. The number of carbonyl (C=O) groups excluding carboxylic acids is 2. The van der Waals surface area contributed by atoms with E-state index >= 15 is 0 Å². The molecule has 0 unspecified atom stereocenters. The van der Waals surface area contributed by atoms with E-state index in [9.17, 15) is 14.0 Å². The Hall–Kier alpha value is -1.91. The van der Waals surface area contributed by atoms with Gasteiger partial charge in [0, 0.05) is 18.5 Å². The highest BCUT2D eigenvalue weighted by Gasteiger charge is 2.36. The summed E-state index contributed by atoms with van der Waals surface area (Å²) < 4.78 is 13.7. The first-order valence-electron chi connectivity index (χ1n) is 6.65. The second kappa shape index (κ2) is 5.23. The number of halogens is 1. The second-order valence-corrected chi connectivity index (χ2v) is 6.10. The van der Waals surface area contributed by atoms with Crippen LogP contribution in [0.5, 0.6) is 0 Å². The zero-order valence-electron chi connectivity index (χ0n) is 11.9. The minimum absolute atomic E-state index is 0.121. The summed E-state index contributed by atoms with van der Waals surface area (Å²) in [5, 5.41) is 2.86. The van der Waals surface area contributed by atoms with Crippen molar-refractivity contribution >= 4 is 17.5 Å². The second-order valence-electron chi connectivity index (χ2n) is 6.10. The summed E-state index contributed by atoms with van der Waals surface area (Å²) in [7, 11) is 0. The van der Waals surface area contributed by atoms with Gasteiger partial charge in [-0.1, -0.05) is 12.1 Å². The average molecular weight is 278 g/mol. The minimum Gasteiger partial charge on any atom is -0.351 e. The molecule has 0 radical (unpaired) electrons. The number of benzene rings is 1. The highest BCUT2D eigenvalue weighted by molar-refractivity contribution is 6.00. The van der Waals surface area contributed by atoms with E-state index in [1.165, 1.54) is 11.0 Å².